The summed E-state index contributed by atoms with van der Waals surface area (Å²) in [5, 5.41) is 2.75. The Balaban J connectivity index is 1.40. The van der Waals surface area contributed by atoms with Gasteiger partial charge in [0.2, 0.25) is 0 Å². The van der Waals surface area contributed by atoms with E-state index in [2.05, 4.69) is 15.2 Å². The van der Waals surface area contributed by atoms with Crippen LogP contribution in [-0.4, -0.2) is 61.8 Å². The first-order chi connectivity index (χ1) is 19.9. The van der Waals surface area contributed by atoms with Crippen LogP contribution in [-0.2, 0) is 16.0 Å². The fraction of sp³-hybridized carbons (Fsp3) is 0.387. The number of aliphatic imine (C=N–C) groups is 1. The lowest BCUT2D eigenvalue weighted by molar-refractivity contribution is -0.142. The minimum absolute atomic E-state index is 0.0911. The Kier molecular flexibility index (Phi) is 11.1. The van der Waals surface area contributed by atoms with Crippen LogP contribution in [0.1, 0.15) is 47.4 Å². The van der Waals surface area contributed by atoms with Crippen molar-refractivity contribution < 1.29 is 18.7 Å². The normalized spacial score (nSPS) is 14.6. The minimum atomic E-state index is -0.893. The molecule has 1 aromatic heterocycles. The first kappa shape index (κ1) is 30.5. The highest BCUT2D eigenvalue weighted by atomic mass is 35.5. The topological polar surface area (TPSA) is 110 Å². The highest BCUT2D eigenvalue weighted by molar-refractivity contribution is 6.18. The number of hydrogen-bond donors (Lipinski definition) is 2. The molecule has 1 saturated carbocycles. The Labute approximate surface area is 250 Å². The number of amides is 1. The van der Waals surface area contributed by atoms with Crippen LogP contribution in [0.2, 0.25) is 0 Å². The molecule has 3 aromatic rings. The maximum atomic E-state index is 13.0. The molecule has 1 fully saturated rings. The third-order valence-electron chi connectivity index (χ3n) is 7.18. The third-order valence-corrected chi connectivity index (χ3v) is 7.52. The van der Waals surface area contributed by atoms with Gasteiger partial charge in [0.15, 0.2) is 5.76 Å². The van der Waals surface area contributed by atoms with Gasteiger partial charge in [-0.05, 0) is 42.7 Å². The van der Waals surface area contributed by atoms with Crippen molar-refractivity contribution in [3.63, 3.8) is 0 Å². The number of benzene rings is 2. The smallest absolute Gasteiger partial charge is 0.328 e. The number of amidine groups is 1. The molecule has 4 rings (SSSR count). The molecule has 3 N–H and O–H groups in total. The number of carbonyl (C=O) groups excluding carboxylic acids is 2. The second-order valence-corrected chi connectivity index (χ2v) is 10.7. The van der Waals surface area contributed by atoms with Gasteiger partial charge in [-0.1, -0.05) is 49.2 Å². The van der Waals surface area contributed by atoms with Gasteiger partial charge in [0, 0.05) is 48.1 Å². The number of nitrogens with zero attached hydrogens (tertiary/aromatic N) is 2. The molecule has 1 amide bonds. The summed E-state index contributed by atoms with van der Waals surface area (Å²) in [5.74, 6) is 1.06. The van der Waals surface area contributed by atoms with E-state index in [1.807, 2.05) is 48.5 Å². The molecule has 2 aromatic carbocycles. The van der Waals surface area contributed by atoms with E-state index < -0.39 is 17.9 Å². The minimum Gasteiger partial charge on any atom is -0.467 e. The van der Waals surface area contributed by atoms with Crippen LogP contribution in [0, 0.1) is 0 Å². The molecule has 1 aliphatic carbocycles. The second kappa shape index (κ2) is 14.9. The van der Waals surface area contributed by atoms with Crippen molar-refractivity contribution in [2.45, 2.75) is 44.2 Å². The van der Waals surface area contributed by atoms with Crippen molar-refractivity contribution in [3.8, 4) is 11.3 Å². The van der Waals surface area contributed by atoms with Crippen molar-refractivity contribution in [3.05, 3.63) is 77.6 Å². The number of alkyl halides is 2. The van der Waals surface area contributed by atoms with E-state index in [1.165, 1.54) is 20.0 Å². The van der Waals surface area contributed by atoms with Crippen LogP contribution in [0.15, 0.2) is 70.1 Å². The van der Waals surface area contributed by atoms with Crippen molar-refractivity contribution in [2.75, 3.05) is 36.9 Å². The number of rotatable bonds is 13. The van der Waals surface area contributed by atoms with Gasteiger partial charge in [0.1, 0.15) is 17.6 Å². The zero-order valence-electron chi connectivity index (χ0n) is 23.2. The summed E-state index contributed by atoms with van der Waals surface area (Å²) in [5.41, 5.74) is 9.70. The first-order valence-electron chi connectivity index (χ1n) is 13.8. The van der Waals surface area contributed by atoms with Gasteiger partial charge in [0.05, 0.1) is 13.2 Å². The molecule has 1 atom stereocenters. The second-order valence-electron chi connectivity index (χ2n) is 9.98. The number of ether oxygens (including phenoxy) is 1. The standard InChI is InChI=1S/C31H36Cl2N4O4/c1-40-31(39)26(20-21-6-12-25(13-7-21)37(18-16-32)19-17-33)36-30(38)28-15-14-27(41-28)22-8-10-23(11-9-22)29(34)35-24-4-2-3-5-24/h6-15,24,26H,2-5,16-20H2,1H3,(H2,34,35)(H,36,38). The summed E-state index contributed by atoms with van der Waals surface area (Å²) in [7, 11) is 1.29. The molecule has 10 heteroatoms. The molecule has 41 heavy (non-hydrogen) atoms. The van der Waals surface area contributed by atoms with E-state index in [1.54, 1.807) is 12.1 Å². The maximum absolute atomic E-state index is 13.0. The fourth-order valence-corrected chi connectivity index (χ4v) is 5.35. The summed E-state index contributed by atoms with van der Waals surface area (Å²) in [4.78, 5) is 32.3. The lowest BCUT2D eigenvalue weighted by Gasteiger charge is -2.23. The van der Waals surface area contributed by atoms with Crippen LogP contribution in [0.3, 0.4) is 0 Å². The number of nitrogens with two attached hydrogens (primary N) is 1. The molecule has 0 saturated heterocycles. The predicted octanol–water partition coefficient (Wildman–Crippen LogP) is 5.39. The third kappa shape index (κ3) is 8.27. The number of esters is 1. The molecule has 0 radical (unpaired) electrons. The van der Waals surface area contributed by atoms with Crippen molar-refractivity contribution in [1.82, 2.24) is 5.32 Å². The molecule has 8 nitrogen and oxygen atoms in total. The summed E-state index contributed by atoms with van der Waals surface area (Å²) in [6.07, 6.45) is 4.82. The zero-order chi connectivity index (χ0) is 29.2. The SMILES string of the molecule is COC(=O)C(Cc1ccc(N(CCCl)CCCl)cc1)NC(=O)c1ccc(-c2ccc(C(N)=NC3CCCC3)cc2)o1. The van der Waals surface area contributed by atoms with Gasteiger partial charge in [-0.15, -0.1) is 23.2 Å². The Bertz CT molecular complexity index is 1310. The Morgan fingerprint density at radius 1 is 1.02 bits per heavy atom. The maximum Gasteiger partial charge on any atom is 0.328 e. The van der Waals surface area contributed by atoms with Gasteiger partial charge < -0.3 is 25.1 Å². The number of nitrogens with one attached hydrogen (secondary N) is 1. The molecular formula is C31H36Cl2N4O4. The van der Waals surface area contributed by atoms with E-state index in [0.29, 0.717) is 42.5 Å². The largest absolute Gasteiger partial charge is 0.467 e. The average molecular weight is 600 g/mol. The number of carbonyl (C=O) groups is 2. The highest BCUT2D eigenvalue weighted by Crippen LogP contribution is 2.24. The number of furan rings is 1. The van der Waals surface area contributed by atoms with Gasteiger partial charge in [0.25, 0.3) is 5.91 Å². The van der Waals surface area contributed by atoms with E-state index in [0.717, 1.165) is 35.2 Å². The molecule has 1 unspecified atom stereocenters. The van der Waals surface area contributed by atoms with E-state index in [4.69, 9.17) is 38.1 Å². The van der Waals surface area contributed by atoms with Crippen molar-refractivity contribution in [1.29, 1.82) is 0 Å². The average Bonchev–Trinajstić information content (AvgIpc) is 3.70. The zero-order valence-corrected chi connectivity index (χ0v) is 24.7. The van der Waals surface area contributed by atoms with Gasteiger partial charge in [-0.25, -0.2) is 4.79 Å². The number of hydrogen-bond acceptors (Lipinski definition) is 6. The molecule has 1 aliphatic rings. The van der Waals surface area contributed by atoms with E-state index in [-0.39, 0.29) is 12.2 Å². The predicted molar refractivity (Wildman–Crippen MR) is 164 cm³/mol. The summed E-state index contributed by atoms with van der Waals surface area (Å²) in [6.45, 7) is 1.35. The van der Waals surface area contributed by atoms with Crippen LogP contribution >= 0.6 is 23.2 Å². The Hall–Kier alpha value is -3.49. The lowest BCUT2D eigenvalue weighted by atomic mass is 10.0. The van der Waals surface area contributed by atoms with Crippen molar-refractivity contribution >= 4 is 46.6 Å². The molecule has 0 spiro atoms. The Morgan fingerprint density at radius 2 is 1.68 bits per heavy atom. The van der Waals surface area contributed by atoms with E-state index in [9.17, 15) is 9.59 Å². The van der Waals surface area contributed by atoms with Gasteiger partial charge in [-0.2, -0.15) is 0 Å². The summed E-state index contributed by atoms with van der Waals surface area (Å²) >= 11 is 11.8. The lowest BCUT2D eigenvalue weighted by Crippen LogP contribution is -2.43. The fourth-order valence-electron chi connectivity index (χ4n) is 4.94. The molecule has 218 valence electrons. The molecule has 1 heterocycles. The van der Waals surface area contributed by atoms with Crippen LogP contribution < -0.4 is 16.0 Å². The number of methoxy groups -OCH3 is 1. The highest BCUT2D eigenvalue weighted by Gasteiger charge is 2.24. The van der Waals surface area contributed by atoms with Crippen LogP contribution in [0.4, 0.5) is 5.69 Å². The van der Waals surface area contributed by atoms with Gasteiger partial charge in [-0.3, -0.25) is 9.79 Å². The quantitative estimate of drug-likeness (QED) is 0.118. The number of anilines is 1. The first-order valence-corrected chi connectivity index (χ1v) is 14.9. The molecular weight excluding hydrogens is 563 g/mol. The molecule has 0 bridgehead atoms. The van der Waals surface area contributed by atoms with Gasteiger partial charge >= 0.3 is 5.97 Å². The summed E-state index contributed by atoms with van der Waals surface area (Å²) in [6, 6.07) is 18.0. The monoisotopic (exact) mass is 598 g/mol. The van der Waals surface area contributed by atoms with Crippen LogP contribution in [0.5, 0.6) is 0 Å². The number of halogens is 2. The van der Waals surface area contributed by atoms with E-state index >= 15 is 0 Å². The summed E-state index contributed by atoms with van der Waals surface area (Å²) < 4.78 is 10.8. The molecule has 0 aliphatic heterocycles. The Morgan fingerprint density at radius 3 is 2.29 bits per heavy atom. The van der Waals surface area contributed by atoms with Crippen molar-refractivity contribution in [2.24, 2.45) is 10.7 Å². The van der Waals surface area contributed by atoms with Crippen LogP contribution in [0.25, 0.3) is 11.3 Å².